The zero-order valence-corrected chi connectivity index (χ0v) is 17.8. The van der Waals surface area contributed by atoms with Crippen LogP contribution >= 0.6 is 0 Å². The molecule has 4 aromatic rings. The third-order valence-corrected chi connectivity index (χ3v) is 5.78. The molecule has 8 nitrogen and oxygen atoms in total. The number of anilines is 1. The van der Waals surface area contributed by atoms with Gasteiger partial charge in [0.2, 0.25) is 0 Å². The van der Waals surface area contributed by atoms with E-state index < -0.39 is 0 Å². The molecule has 0 aromatic carbocycles. The number of aryl methyl sites for hydroxylation is 1. The van der Waals surface area contributed by atoms with Crippen molar-refractivity contribution in [2.45, 2.75) is 25.8 Å². The van der Waals surface area contributed by atoms with Gasteiger partial charge in [-0.1, -0.05) is 6.58 Å². The van der Waals surface area contributed by atoms with E-state index in [9.17, 15) is 0 Å². The molecule has 5 heterocycles. The molecule has 4 aromatic heterocycles. The smallest absolute Gasteiger partial charge is 0.136 e. The van der Waals surface area contributed by atoms with Gasteiger partial charge in [-0.25, -0.2) is 4.98 Å². The van der Waals surface area contributed by atoms with Crippen LogP contribution in [0, 0.1) is 0 Å². The molecule has 8 heteroatoms. The Kier molecular flexibility index (Phi) is 4.78. The van der Waals surface area contributed by atoms with E-state index in [4.69, 9.17) is 10.7 Å². The topological polar surface area (TPSA) is 102 Å². The van der Waals surface area contributed by atoms with Crippen molar-refractivity contribution in [1.29, 1.82) is 0 Å². The molecule has 1 fully saturated rings. The highest BCUT2D eigenvalue weighted by Gasteiger charge is 2.22. The van der Waals surface area contributed by atoms with Crippen molar-refractivity contribution >= 4 is 22.3 Å². The fraction of sp³-hybridized carbons (Fsp3) is 0.304. The van der Waals surface area contributed by atoms with Crippen LogP contribution < -0.4 is 10.6 Å². The van der Waals surface area contributed by atoms with Crippen LogP contribution in [0.3, 0.4) is 0 Å². The third-order valence-electron chi connectivity index (χ3n) is 5.78. The Labute approximate surface area is 180 Å². The molecule has 158 valence electrons. The van der Waals surface area contributed by atoms with Gasteiger partial charge >= 0.3 is 0 Å². The SMILES string of the molecule is C=C(C)c1ccc(-c2n[nH]c3cnc(-c4cnn(C)c4)cc23)nc1N1CCC[C@H](N)C1. The first-order valence-electron chi connectivity index (χ1n) is 10.5. The number of aromatic nitrogens is 6. The number of nitrogens with zero attached hydrogens (tertiary/aromatic N) is 6. The van der Waals surface area contributed by atoms with E-state index >= 15 is 0 Å². The van der Waals surface area contributed by atoms with E-state index in [2.05, 4.69) is 37.8 Å². The van der Waals surface area contributed by atoms with E-state index in [-0.39, 0.29) is 6.04 Å². The Balaban J connectivity index is 1.61. The zero-order valence-electron chi connectivity index (χ0n) is 17.8. The Hall–Kier alpha value is -3.52. The maximum atomic E-state index is 6.25. The summed E-state index contributed by atoms with van der Waals surface area (Å²) in [6.07, 6.45) is 7.68. The van der Waals surface area contributed by atoms with Crippen LogP contribution in [0.15, 0.2) is 43.4 Å². The minimum Gasteiger partial charge on any atom is -0.355 e. The predicted molar refractivity (Wildman–Crippen MR) is 123 cm³/mol. The van der Waals surface area contributed by atoms with E-state index in [1.165, 1.54) is 0 Å². The van der Waals surface area contributed by atoms with Crippen molar-refractivity contribution in [3.63, 3.8) is 0 Å². The summed E-state index contributed by atoms with van der Waals surface area (Å²) in [5, 5.41) is 12.9. The zero-order chi connectivity index (χ0) is 21.5. The minimum absolute atomic E-state index is 0.163. The number of piperidine rings is 1. The van der Waals surface area contributed by atoms with Gasteiger partial charge in [0.05, 0.1) is 29.3 Å². The number of pyridine rings is 2. The number of rotatable bonds is 4. The molecule has 0 amide bonds. The highest BCUT2D eigenvalue weighted by molar-refractivity contribution is 5.94. The lowest BCUT2D eigenvalue weighted by molar-refractivity contribution is 0.503. The van der Waals surface area contributed by atoms with Crippen molar-refractivity contribution in [3.05, 3.63) is 48.9 Å². The highest BCUT2D eigenvalue weighted by Crippen LogP contribution is 2.33. The molecule has 3 N–H and O–H groups in total. The van der Waals surface area contributed by atoms with E-state index in [0.717, 1.165) is 76.4 Å². The summed E-state index contributed by atoms with van der Waals surface area (Å²) < 4.78 is 1.77. The van der Waals surface area contributed by atoms with Gasteiger partial charge in [-0.2, -0.15) is 10.2 Å². The van der Waals surface area contributed by atoms with Gasteiger partial charge in [-0.05, 0) is 43.5 Å². The lowest BCUT2D eigenvalue weighted by Gasteiger charge is -2.33. The molecule has 5 rings (SSSR count). The number of H-pyrrole nitrogens is 1. The fourth-order valence-corrected chi connectivity index (χ4v) is 4.18. The molecular weight excluding hydrogens is 388 g/mol. The summed E-state index contributed by atoms with van der Waals surface area (Å²) in [4.78, 5) is 11.9. The van der Waals surface area contributed by atoms with Crippen LogP contribution in [-0.2, 0) is 7.05 Å². The highest BCUT2D eigenvalue weighted by atomic mass is 15.2. The van der Waals surface area contributed by atoms with Gasteiger partial charge in [0.1, 0.15) is 11.5 Å². The van der Waals surface area contributed by atoms with Crippen LogP contribution in [0.1, 0.15) is 25.3 Å². The van der Waals surface area contributed by atoms with Crippen LogP contribution in [0.5, 0.6) is 0 Å². The molecular formula is C23H26N8. The summed E-state index contributed by atoms with van der Waals surface area (Å²) in [7, 11) is 1.90. The van der Waals surface area contributed by atoms with Crippen molar-refractivity contribution < 1.29 is 0 Å². The quantitative estimate of drug-likeness (QED) is 0.531. The molecule has 0 saturated carbocycles. The van der Waals surface area contributed by atoms with Crippen molar-refractivity contribution in [1.82, 2.24) is 29.9 Å². The maximum absolute atomic E-state index is 6.25. The first kappa shape index (κ1) is 19.4. The second-order valence-electron chi connectivity index (χ2n) is 8.29. The Bertz CT molecular complexity index is 1270. The molecule has 1 atom stereocenters. The first-order chi connectivity index (χ1) is 15.0. The summed E-state index contributed by atoms with van der Waals surface area (Å²) in [6.45, 7) is 7.91. The van der Waals surface area contributed by atoms with Crippen LogP contribution in [0.25, 0.3) is 39.1 Å². The maximum Gasteiger partial charge on any atom is 0.136 e. The molecule has 1 aliphatic rings. The number of hydrogen-bond donors (Lipinski definition) is 2. The Morgan fingerprint density at radius 1 is 1.26 bits per heavy atom. The van der Waals surface area contributed by atoms with E-state index in [1.54, 1.807) is 10.9 Å². The standard InChI is InChI=1S/C23H26N8/c1-14(2)17-6-7-19(27-23(17)31-8-4-5-16(24)13-31)22-18-9-20(15-10-26-30(3)12-15)25-11-21(18)28-29-22/h6-7,9-12,16H,1,4-5,8,13,24H2,2-3H3,(H,28,29)/t16-/m0/s1. The molecule has 1 saturated heterocycles. The molecule has 0 bridgehead atoms. The van der Waals surface area contributed by atoms with Crippen molar-refractivity contribution in [3.8, 4) is 22.6 Å². The molecule has 0 radical (unpaired) electrons. The normalized spacial score (nSPS) is 16.7. The predicted octanol–water partition coefficient (Wildman–Crippen LogP) is 3.38. The second kappa shape index (κ2) is 7.63. The molecule has 0 unspecified atom stereocenters. The minimum atomic E-state index is 0.163. The monoisotopic (exact) mass is 414 g/mol. The second-order valence-corrected chi connectivity index (χ2v) is 8.29. The number of nitrogens with two attached hydrogens (primary N) is 1. The lowest BCUT2D eigenvalue weighted by atomic mass is 10.0. The Morgan fingerprint density at radius 3 is 2.87 bits per heavy atom. The van der Waals surface area contributed by atoms with Gasteiger partial charge in [-0.3, -0.25) is 14.8 Å². The molecule has 0 aliphatic carbocycles. The lowest BCUT2D eigenvalue weighted by Crippen LogP contribution is -2.43. The summed E-state index contributed by atoms with van der Waals surface area (Å²) >= 11 is 0. The average molecular weight is 415 g/mol. The fourth-order valence-electron chi connectivity index (χ4n) is 4.18. The van der Waals surface area contributed by atoms with Gasteiger partial charge in [-0.15, -0.1) is 0 Å². The number of hydrogen-bond acceptors (Lipinski definition) is 6. The van der Waals surface area contributed by atoms with Gasteiger partial charge in [0.15, 0.2) is 0 Å². The van der Waals surface area contributed by atoms with Crippen LogP contribution in [-0.4, -0.2) is 49.1 Å². The summed E-state index contributed by atoms with van der Waals surface area (Å²) in [5.41, 5.74) is 12.6. The molecule has 1 aliphatic heterocycles. The van der Waals surface area contributed by atoms with E-state index in [0.29, 0.717) is 0 Å². The summed E-state index contributed by atoms with van der Waals surface area (Å²) in [6, 6.07) is 6.30. The number of fused-ring (bicyclic) bond motifs is 1. The largest absolute Gasteiger partial charge is 0.355 e. The third kappa shape index (κ3) is 3.59. The van der Waals surface area contributed by atoms with Crippen LogP contribution in [0.4, 0.5) is 5.82 Å². The number of nitrogens with one attached hydrogen (secondary N) is 1. The summed E-state index contributed by atoms with van der Waals surface area (Å²) in [5.74, 6) is 0.929. The number of allylic oxidation sites excluding steroid dienone is 1. The first-order valence-corrected chi connectivity index (χ1v) is 10.5. The van der Waals surface area contributed by atoms with Gasteiger partial charge < -0.3 is 10.6 Å². The molecule has 0 spiro atoms. The van der Waals surface area contributed by atoms with E-state index in [1.807, 2.05) is 38.5 Å². The molecule has 31 heavy (non-hydrogen) atoms. The number of aromatic amines is 1. The Morgan fingerprint density at radius 2 is 2.13 bits per heavy atom. The van der Waals surface area contributed by atoms with Gasteiger partial charge in [0, 0.05) is 48.9 Å². The van der Waals surface area contributed by atoms with Crippen molar-refractivity contribution in [2.24, 2.45) is 12.8 Å². The average Bonchev–Trinajstić information content (AvgIpc) is 3.39. The van der Waals surface area contributed by atoms with Crippen molar-refractivity contribution in [2.75, 3.05) is 18.0 Å². The van der Waals surface area contributed by atoms with Crippen LogP contribution in [0.2, 0.25) is 0 Å². The van der Waals surface area contributed by atoms with Gasteiger partial charge in [0.25, 0.3) is 0 Å².